The Balaban J connectivity index is 2.07. The van der Waals surface area contributed by atoms with Crippen LogP contribution in [0.4, 0.5) is 0 Å². The second-order valence-electron chi connectivity index (χ2n) is 3.84. The Morgan fingerprint density at radius 1 is 1.29 bits per heavy atom. The summed E-state index contributed by atoms with van der Waals surface area (Å²) in [7, 11) is 0. The first-order valence-corrected chi connectivity index (χ1v) is 6.32. The number of hydrogen-bond donors (Lipinski definition) is 1. The fourth-order valence-electron chi connectivity index (χ4n) is 1.80. The summed E-state index contributed by atoms with van der Waals surface area (Å²) in [6.45, 7) is 0.667. The van der Waals surface area contributed by atoms with Gasteiger partial charge in [-0.2, -0.15) is 0 Å². The minimum Gasteiger partial charge on any atom is -0.462 e. The second kappa shape index (κ2) is 4.31. The highest BCUT2D eigenvalue weighted by atomic mass is 32.1. The Kier molecular flexibility index (Phi) is 2.66. The van der Waals surface area contributed by atoms with Gasteiger partial charge in [-0.15, -0.1) is 11.3 Å². The molecule has 0 radical (unpaired) electrons. The molecule has 4 heteroatoms. The molecule has 0 atom stereocenters. The maximum absolute atomic E-state index is 5.55. The number of benzene rings is 1. The maximum Gasteiger partial charge on any atom is 0.162 e. The van der Waals surface area contributed by atoms with Crippen LogP contribution in [0.3, 0.4) is 0 Å². The summed E-state index contributed by atoms with van der Waals surface area (Å²) in [5, 5.41) is 0.926. The quantitative estimate of drug-likeness (QED) is 0.770. The molecule has 3 nitrogen and oxygen atoms in total. The molecule has 0 aliphatic heterocycles. The van der Waals surface area contributed by atoms with Crippen molar-refractivity contribution in [3.05, 3.63) is 42.2 Å². The van der Waals surface area contributed by atoms with Crippen LogP contribution in [0.1, 0.15) is 5.56 Å². The van der Waals surface area contributed by atoms with Crippen molar-refractivity contribution in [2.24, 2.45) is 5.73 Å². The number of nitrogens with two attached hydrogens (primary N) is 1. The molecule has 2 aromatic heterocycles. The van der Waals surface area contributed by atoms with Gasteiger partial charge in [-0.1, -0.05) is 6.07 Å². The van der Waals surface area contributed by atoms with Crippen molar-refractivity contribution in [1.82, 2.24) is 4.98 Å². The lowest BCUT2D eigenvalue weighted by Gasteiger charge is -1.96. The van der Waals surface area contributed by atoms with Crippen molar-refractivity contribution in [3.8, 4) is 10.8 Å². The van der Waals surface area contributed by atoms with E-state index < -0.39 is 0 Å². The molecule has 3 rings (SSSR count). The first kappa shape index (κ1) is 10.5. The van der Waals surface area contributed by atoms with Gasteiger partial charge in [0.1, 0.15) is 0 Å². The largest absolute Gasteiger partial charge is 0.462 e. The molecule has 0 fully saturated rings. The normalized spacial score (nSPS) is 11.1. The molecule has 1 aromatic carbocycles. The number of rotatable bonds is 3. The molecule has 17 heavy (non-hydrogen) atoms. The first-order chi connectivity index (χ1) is 8.36. The second-order valence-corrected chi connectivity index (χ2v) is 4.87. The highest BCUT2D eigenvalue weighted by molar-refractivity contribution is 7.21. The summed E-state index contributed by atoms with van der Waals surface area (Å²) in [6, 6.07) is 10.1. The van der Waals surface area contributed by atoms with E-state index >= 15 is 0 Å². The monoisotopic (exact) mass is 244 g/mol. The smallest absolute Gasteiger partial charge is 0.162 e. The van der Waals surface area contributed by atoms with Crippen LogP contribution < -0.4 is 5.73 Å². The lowest BCUT2D eigenvalue weighted by Crippen LogP contribution is -2.02. The highest BCUT2D eigenvalue weighted by Gasteiger charge is 2.08. The average Bonchev–Trinajstić information content (AvgIpc) is 2.97. The predicted molar refractivity (Wildman–Crippen MR) is 70.1 cm³/mol. The van der Waals surface area contributed by atoms with Crippen molar-refractivity contribution in [2.75, 3.05) is 6.54 Å². The molecule has 3 aromatic rings. The van der Waals surface area contributed by atoms with Crippen LogP contribution in [-0.2, 0) is 6.42 Å². The van der Waals surface area contributed by atoms with E-state index in [0.717, 1.165) is 22.7 Å². The van der Waals surface area contributed by atoms with E-state index in [1.807, 2.05) is 12.1 Å². The molecule has 0 aliphatic rings. The zero-order valence-corrected chi connectivity index (χ0v) is 10.0. The summed E-state index contributed by atoms with van der Waals surface area (Å²) in [6.07, 6.45) is 2.56. The van der Waals surface area contributed by atoms with E-state index in [-0.39, 0.29) is 0 Å². The lowest BCUT2D eigenvalue weighted by molar-refractivity contribution is 0.582. The van der Waals surface area contributed by atoms with Gasteiger partial charge in [0.2, 0.25) is 0 Å². The Morgan fingerprint density at radius 2 is 2.24 bits per heavy atom. The number of aromatic nitrogens is 1. The minimum absolute atomic E-state index is 0.667. The summed E-state index contributed by atoms with van der Waals surface area (Å²) < 4.78 is 6.53. The van der Waals surface area contributed by atoms with E-state index in [1.165, 1.54) is 10.3 Å². The highest BCUT2D eigenvalue weighted by Crippen LogP contribution is 2.30. The molecule has 0 spiro atoms. The number of nitrogens with zero attached hydrogens (tertiary/aromatic N) is 1. The van der Waals surface area contributed by atoms with Gasteiger partial charge in [-0.25, -0.2) is 4.98 Å². The lowest BCUT2D eigenvalue weighted by atomic mass is 10.1. The van der Waals surface area contributed by atoms with E-state index in [1.54, 1.807) is 17.6 Å². The Hall–Kier alpha value is -1.65. The fourth-order valence-corrected chi connectivity index (χ4v) is 2.72. The Morgan fingerprint density at radius 3 is 3.00 bits per heavy atom. The zero-order chi connectivity index (χ0) is 11.7. The van der Waals surface area contributed by atoms with Crippen LogP contribution in [0.2, 0.25) is 0 Å². The summed E-state index contributed by atoms with van der Waals surface area (Å²) in [4.78, 5) is 4.58. The Labute approximate surface area is 103 Å². The molecule has 2 N–H and O–H groups in total. The molecule has 0 saturated heterocycles. The van der Waals surface area contributed by atoms with Crippen molar-refractivity contribution < 1.29 is 4.42 Å². The molecule has 0 saturated carbocycles. The molecule has 2 heterocycles. The standard InChI is InChI=1S/C13H12N2OS/c14-6-5-9-3-4-12-10(8-9)15-13(17-12)11-2-1-7-16-11/h1-4,7-8H,5-6,14H2. The third-order valence-corrected chi connectivity index (χ3v) is 3.67. The number of fused-ring (bicyclic) bond motifs is 1. The van der Waals surface area contributed by atoms with Gasteiger partial charge >= 0.3 is 0 Å². The molecular formula is C13H12N2OS. The molecule has 0 aliphatic carbocycles. The van der Waals surface area contributed by atoms with Crippen LogP contribution >= 0.6 is 11.3 Å². The van der Waals surface area contributed by atoms with Crippen LogP contribution in [0.15, 0.2) is 41.0 Å². The van der Waals surface area contributed by atoms with Crippen LogP contribution in [0.5, 0.6) is 0 Å². The van der Waals surface area contributed by atoms with Gasteiger partial charge < -0.3 is 10.2 Å². The molecule has 86 valence electrons. The summed E-state index contributed by atoms with van der Waals surface area (Å²) >= 11 is 1.65. The van der Waals surface area contributed by atoms with Crippen molar-refractivity contribution in [1.29, 1.82) is 0 Å². The third kappa shape index (κ3) is 1.97. The molecular weight excluding hydrogens is 232 g/mol. The first-order valence-electron chi connectivity index (χ1n) is 5.50. The molecule has 0 unspecified atom stereocenters. The van der Waals surface area contributed by atoms with Gasteiger partial charge in [-0.3, -0.25) is 0 Å². The summed E-state index contributed by atoms with van der Waals surface area (Å²) in [5.41, 5.74) is 7.81. The van der Waals surface area contributed by atoms with Gasteiger partial charge in [0.05, 0.1) is 16.5 Å². The van der Waals surface area contributed by atoms with Gasteiger partial charge in [0.25, 0.3) is 0 Å². The topological polar surface area (TPSA) is 52.0 Å². The number of hydrogen-bond acceptors (Lipinski definition) is 4. The average molecular weight is 244 g/mol. The minimum atomic E-state index is 0.667. The summed E-state index contributed by atoms with van der Waals surface area (Å²) in [5.74, 6) is 0.826. The van der Waals surface area contributed by atoms with Crippen molar-refractivity contribution >= 4 is 21.6 Å². The molecule has 0 bridgehead atoms. The van der Waals surface area contributed by atoms with Gasteiger partial charge in [0.15, 0.2) is 10.8 Å². The van der Waals surface area contributed by atoms with Crippen molar-refractivity contribution in [2.45, 2.75) is 6.42 Å². The fraction of sp³-hybridized carbons (Fsp3) is 0.154. The van der Waals surface area contributed by atoms with Crippen LogP contribution in [0, 0.1) is 0 Å². The SMILES string of the molecule is NCCc1ccc2sc(-c3ccco3)nc2c1. The van der Waals surface area contributed by atoms with Gasteiger partial charge in [-0.05, 0) is 42.8 Å². The van der Waals surface area contributed by atoms with Crippen LogP contribution in [-0.4, -0.2) is 11.5 Å². The van der Waals surface area contributed by atoms with E-state index in [4.69, 9.17) is 10.2 Å². The maximum atomic E-state index is 5.55. The van der Waals surface area contributed by atoms with Gasteiger partial charge in [0, 0.05) is 0 Å². The number of thiazole rings is 1. The predicted octanol–water partition coefficient (Wildman–Crippen LogP) is 3.06. The zero-order valence-electron chi connectivity index (χ0n) is 9.22. The molecule has 0 amide bonds. The van der Waals surface area contributed by atoms with Crippen molar-refractivity contribution in [3.63, 3.8) is 0 Å². The van der Waals surface area contributed by atoms with Crippen LogP contribution in [0.25, 0.3) is 21.0 Å². The van der Waals surface area contributed by atoms with E-state index in [9.17, 15) is 0 Å². The third-order valence-electron chi connectivity index (χ3n) is 2.62. The Bertz CT molecular complexity index is 628. The number of furan rings is 1. The van der Waals surface area contributed by atoms with E-state index in [2.05, 4.69) is 23.2 Å². The van der Waals surface area contributed by atoms with E-state index in [0.29, 0.717) is 6.54 Å².